The molecular formula is C18H16N8O3. The smallest absolute Gasteiger partial charge is 0.266 e. The Morgan fingerprint density at radius 1 is 1.17 bits per heavy atom. The van der Waals surface area contributed by atoms with Gasteiger partial charge in [-0.05, 0) is 18.2 Å². The number of hydrogen-bond acceptors (Lipinski definition) is 8. The number of amides is 1. The van der Waals surface area contributed by atoms with Crippen LogP contribution in [-0.4, -0.2) is 47.1 Å². The molecule has 1 aromatic carbocycles. The molecule has 0 aliphatic carbocycles. The largest absolute Gasteiger partial charge is 0.350 e. The van der Waals surface area contributed by atoms with Gasteiger partial charge in [0.2, 0.25) is 11.7 Å². The van der Waals surface area contributed by atoms with Gasteiger partial charge >= 0.3 is 0 Å². The van der Waals surface area contributed by atoms with E-state index in [2.05, 4.69) is 30.6 Å². The van der Waals surface area contributed by atoms with Crippen molar-refractivity contribution in [3.63, 3.8) is 0 Å². The van der Waals surface area contributed by atoms with E-state index in [4.69, 9.17) is 4.52 Å². The van der Waals surface area contributed by atoms with Gasteiger partial charge in [-0.15, -0.1) is 5.10 Å². The second-order valence-electron chi connectivity index (χ2n) is 6.06. The summed E-state index contributed by atoms with van der Waals surface area (Å²) in [7, 11) is 0. The molecule has 11 nitrogen and oxygen atoms in total. The predicted molar refractivity (Wildman–Crippen MR) is 100 cm³/mol. The lowest BCUT2D eigenvalue weighted by Crippen LogP contribution is -2.32. The summed E-state index contributed by atoms with van der Waals surface area (Å²) < 4.78 is 7.66. The van der Waals surface area contributed by atoms with Crippen molar-refractivity contribution in [3.05, 3.63) is 70.9 Å². The average molecular weight is 392 g/mol. The maximum absolute atomic E-state index is 12.3. The fraction of sp³-hybridized carbons (Fsp3) is 0.167. The van der Waals surface area contributed by atoms with Crippen LogP contribution in [0.1, 0.15) is 16.2 Å². The molecule has 0 unspecified atom stereocenters. The van der Waals surface area contributed by atoms with Crippen LogP contribution < -0.4 is 10.9 Å². The highest BCUT2D eigenvalue weighted by Gasteiger charge is 2.09. The summed E-state index contributed by atoms with van der Waals surface area (Å²) in [6.07, 6.45) is 2.86. The molecule has 3 aromatic heterocycles. The lowest BCUT2D eigenvalue weighted by atomic mass is 10.1. The van der Waals surface area contributed by atoms with Gasteiger partial charge in [0.1, 0.15) is 12.7 Å². The summed E-state index contributed by atoms with van der Waals surface area (Å²) in [5, 5.41) is 14.8. The summed E-state index contributed by atoms with van der Waals surface area (Å²) in [5.74, 6) is 1.13. The van der Waals surface area contributed by atoms with Gasteiger partial charge in [0.15, 0.2) is 5.82 Å². The fourth-order valence-corrected chi connectivity index (χ4v) is 2.61. The molecule has 0 aliphatic rings. The summed E-state index contributed by atoms with van der Waals surface area (Å²) in [5.41, 5.74) is 0.951. The first-order valence-electron chi connectivity index (χ1n) is 8.72. The number of hydrogen-bond donors (Lipinski definition) is 1. The van der Waals surface area contributed by atoms with E-state index in [9.17, 15) is 9.59 Å². The highest BCUT2D eigenvalue weighted by Crippen LogP contribution is 2.16. The molecule has 0 saturated carbocycles. The molecule has 1 amide bonds. The van der Waals surface area contributed by atoms with Gasteiger partial charge < -0.3 is 9.84 Å². The molecule has 0 atom stereocenters. The molecule has 0 fully saturated rings. The van der Waals surface area contributed by atoms with Gasteiger partial charge in [-0.25, -0.2) is 14.3 Å². The molecule has 0 saturated heterocycles. The van der Waals surface area contributed by atoms with Crippen LogP contribution in [0.15, 0.2) is 58.4 Å². The van der Waals surface area contributed by atoms with Crippen molar-refractivity contribution in [2.24, 2.45) is 0 Å². The van der Waals surface area contributed by atoms with E-state index in [1.807, 2.05) is 0 Å². The van der Waals surface area contributed by atoms with Crippen LogP contribution >= 0.6 is 0 Å². The molecule has 0 bridgehead atoms. The van der Waals surface area contributed by atoms with E-state index < -0.39 is 0 Å². The van der Waals surface area contributed by atoms with Crippen molar-refractivity contribution >= 4 is 5.91 Å². The van der Waals surface area contributed by atoms with Crippen LogP contribution in [0.3, 0.4) is 0 Å². The second-order valence-corrected chi connectivity index (χ2v) is 6.06. The monoisotopic (exact) mass is 392 g/mol. The highest BCUT2D eigenvalue weighted by atomic mass is 16.5. The normalized spacial score (nSPS) is 10.8. The van der Waals surface area contributed by atoms with Crippen LogP contribution in [0.2, 0.25) is 0 Å². The van der Waals surface area contributed by atoms with Gasteiger partial charge in [0, 0.05) is 30.7 Å². The SMILES string of the molecule is Cc1nc(-c2ccc(C(=O)NCCn3nc(-n4cncn4)ccc3=O)cc2)no1. The minimum atomic E-state index is -0.275. The Labute approximate surface area is 164 Å². The second kappa shape index (κ2) is 7.84. The molecule has 3 heterocycles. The summed E-state index contributed by atoms with van der Waals surface area (Å²) in [6.45, 7) is 2.16. The van der Waals surface area contributed by atoms with Crippen LogP contribution in [0, 0.1) is 6.92 Å². The summed E-state index contributed by atoms with van der Waals surface area (Å²) in [6, 6.07) is 9.78. The molecule has 4 rings (SSSR count). The lowest BCUT2D eigenvalue weighted by molar-refractivity contribution is 0.0951. The van der Waals surface area contributed by atoms with E-state index in [1.54, 1.807) is 37.3 Å². The number of nitrogens with zero attached hydrogens (tertiary/aromatic N) is 7. The van der Waals surface area contributed by atoms with Gasteiger partial charge in [0.05, 0.1) is 6.54 Å². The fourth-order valence-electron chi connectivity index (χ4n) is 2.61. The molecular weight excluding hydrogens is 376 g/mol. The Hall–Kier alpha value is -4.15. The zero-order chi connectivity index (χ0) is 20.2. The molecule has 0 spiro atoms. The Balaban J connectivity index is 1.38. The third-order valence-electron chi connectivity index (χ3n) is 4.05. The van der Waals surface area contributed by atoms with Gasteiger partial charge in [-0.3, -0.25) is 9.59 Å². The highest BCUT2D eigenvalue weighted by molar-refractivity contribution is 5.94. The average Bonchev–Trinajstić information content (AvgIpc) is 3.41. The van der Waals surface area contributed by atoms with E-state index >= 15 is 0 Å². The first-order chi connectivity index (χ1) is 14.1. The van der Waals surface area contributed by atoms with Crippen LogP contribution in [0.25, 0.3) is 17.2 Å². The molecule has 4 aromatic rings. The zero-order valence-electron chi connectivity index (χ0n) is 15.4. The first kappa shape index (κ1) is 18.2. The van der Waals surface area contributed by atoms with Crippen molar-refractivity contribution < 1.29 is 9.32 Å². The maximum atomic E-state index is 12.3. The van der Waals surface area contributed by atoms with E-state index in [0.29, 0.717) is 23.1 Å². The lowest BCUT2D eigenvalue weighted by Gasteiger charge is -2.08. The van der Waals surface area contributed by atoms with Gasteiger partial charge in [-0.2, -0.15) is 10.1 Å². The van der Waals surface area contributed by atoms with Crippen LogP contribution in [-0.2, 0) is 6.54 Å². The predicted octanol–water partition coefficient (Wildman–Crippen LogP) is 0.612. The number of carbonyl (C=O) groups is 1. The minimum Gasteiger partial charge on any atom is -0.350 e. The molecule has 0 aliphatic heterocycles. The van der Waals surface area contributed by atoms with E-state index in [1.165, 1.54) is 28.1 Å². The van der Waals surface area contributed by atoms with Crippen molar-refractivity contribution in [2.75, 3.05) is 6.54 Å². The maximum Gasteiger partial charge on any atom is 0.266 e. The van der Waals surface area contributed by atoms with Crippen molar-refractivity contribution in [1.29, 1.82) is 0 Å². The van der Waals surface area contributed by atoms with Crippen LogP contribution in [0.4, 0.5) is 0 Å². The van der Waals surface area contributed by atoms with Crippen molar-refractivity contribution in [2.45, 2.75) is 13.5 Å². The Morgan fingerprint density at radius 2 is 2.00 bits per heavy atom. The minimum absolute atomic E-state index is 0.216. The number of rotatable bonds is 6. The quantitative estimate of drug-likeness (QED) is 0.504. The Morgan fingerprint density at radius 3 is 2.69 bits per heavy atom. The number of benzene rings is 1. The third kappa shape index (κ3) is 4.08. The van der Waals surface area contributed by atoms with Gasteiger partial charge in [-0.1, -0.05) is 17.3 Å². The summed E-state index contributed by atoms with van der Waals surface area (Å²) in [4.78, 5) is 32.3. The molecule has 29 heavy (non-hydrogen) atoms. The van der Waals surface area contributed by atoms with E-state index in [0.717, 1.165) is 5.56 Å². The molecule has 11 heteroatoms. The van der Waals surface area contributed by atoms with Crippen molar-refractivity contribution in [3.8, 4) is 17.2 Å². The Bertz CT molecular complexity index is 1180. The Kier molecular flexibility index (Phi) is 4.93. The molecule has 1 N–H and O–H groups in total. The van der Waals surface area contributed by atoms with E-state index in [-0.39, 0.29) is 24.6 Å². The first-order valence-corrected chi connectivity index (χ1v) is 8.72. The third-order valence-corrected chi connectivity index (χ3v) is 4.05. The zero-order valence-corrected chi connectivity index (χ0v) is 15.4. The number of nitrogens with one attached hydrogen (secondary N) is 1. The number of carbonyl (C=O) groups excluding carboxylic acids is 1. The number of aryl methyl sites for hydroxylation is 1. The van der Waals surface area contributed by atoms with Crippen molar-refractivity contribution in [1.82, 2.24) is 40.0 Å². The van der Waals surface area contributed by atoms with Crippen LogP contribution in [0.5, 0.6) is 0 Å². The topological polar surface area (TPSA) is 134 Å². The summed E-state index contributed by atoms with van der Waals surface area (Å²) >= 11 is 0. The van der Waals surface area contributed by atoms with Gasteiger partial charge in [0.25, 0.3) is 11.5 Å². The molecule has 0 radical (unpaired) electrons. The standard InChI is InChI=1S/C18H16N8O3/c1-12-22-17(24-29-12)13-2-4-14(5-3-13)18(28)20-8-9-25-16(27)7-6-15(23-25)26-11-19-10-21-26/h2-7,10-11H,8-9H2,1H3,(H,20,28). The molecule has 146 valence electrons. The number of aromatic nitrogens is 7.